The van der Waals surface area contributed by atoms with Gasteiger partial charge in [0.15, 0.2) is 0 Å². The minimum absolute atomic E-state index is 0.380. The van der Waals surface area contributed by atoms with E-state index >= 15 is 0 Å². The largest absolute Gasteiger partial charge is 0.310 e. The third-order valence-corrected chi connectivity index (χ3v) is 13.3. The molecule has 0 aromatic heterocycles. The number of fused-ring (bicyclic) bond motifs is 1. The average Bonchev–Trinajstić information content (AvgIpc) is 3.38. The molecular formula is C64H53N. The molecule has 10 rings (SSSR count). The zero-order valence-electron chi connectivity index (χ0n) is 37.0. The molecule has 0 N–H and O–H groups in total. The number of aryl methyl sites for hydroxylation is 2. The lowest BCUT2D eigenvalue weighted by Crippen LogP contribution is -2.31. The van der Waals surface area contributed by atoms with Crippen molar-refractivity contribution in [3.05, 3.63) is 305 Å². The molecule has 10 aromatic carbocycles. The molecule has 0 aliphatic rings. The number of anilines is 3. The summed E-state index contributed by atoms with van der Waals surface area (Å²) in [5.41, 5.74) is 15.9. The molecule has 0 bridgehead atoms. The SMILES string of the molecule is Cc1ccc(C(CCc2ccc(-c3ccc(N(c4ccccc4)c4cccc5ccccc45)cc3)cc2)Cc2ccc(C(c3ccccc3)(c3ccccc3)c3ccccc3)cc2)cc1. The molecule has 0 amide bonds. The van der Waals surface area contributed by atoms with Crippen molar-refractivity contribution < 1.29 is 0 Å². The fraction of sp³-hybridized carbons (Fsp3) is 0.0938. The predicted octanol–water partition coefficient (Wildman–Crippen LogP) is 16.6. The summed E-state index contributed by atoms with van der Waals surface area (Å²) in [6.45, 7) is 2.18. The minimum Gasteiger partial charge on any atom is -0.310 e. The van der Waals surface area contributed by atoms with E-state index in [4.69, 9.17) is 0 Å². The van der Waals surface area contributed by atoms with E-state index in [9.17, 15) is 0 Å². The number of hydrogen-bond donors (Lipinski definition) is 0. The first-order chi connectivity index (χ1) is 32.1. The quantitative estimate of drug-likeness (QED) is 0.0987. The highest BCUT2D eigenvalue weighted by atomic mass is 15.1. The summed E-state index contributed by atoms with van der Waals surface area (Å²) >= 11 is 0. The monoisotopic (exact) mass is 835 g/mol. The molecule has 0 heterocycles. The van der Waals surface area contributed by atoms with Gasteiger partial charge in [0, 0.05) is 16.8 Å². The summed E-state index contributed by atoms with van der Waals surface area (Å²) < 4.78 is 0. The van der Waals surface area contributed by atoms with Crippen LogP contribution in [0.2, 0.25) is 0 Å². The highest BCUT2D eigenvalue weighted by Crippen LogP contribution is 2.45. The van der Waals surface area contributed by atoms with Crippen molar-refractivity contribution in [1.29, 1.82) is 0 Å². The Morgan fingerprint density at radius 2 is 0.846 bits per heavy atom. The highest BCUT2D eigenvalue weighted by Gasteiger charge is 2.38. The zero-order chi connectivity index (χ0) is 43.8. The molecule has 1 unspecified atom stereocenters. The molecule has 0 spiro atoms. The van der Waals surface area contributed by atoms with E-state index in [1.54, 1.807) is 0 Å². The molecular weight excluding hydrogens is 783 g/mol. The van der Waals surface area contributed by atoms with Crippen LogP contribution in [0.25, 0.3) is 21.9 Å². The normalized spacial score (nSPS) is 11.9. The van der Waals surface area contributed by atoms with Crippen LogP contribution in [0.15, 0.2) is 261 Å². The molecule has 65 heavy (non-hydrogen) atoms. The second-order valence-corrected chi connectivity index (χ2v) is 17.3. The Hall–Kier alpha value is -7.74. The van der Waals surface area contributed by atoms with Crippen LogP contribution in [0.5, 0.6) is 0 Å². The fourth-order valence-electron chi connectivity index (χ4n) is 9.88. The number of hydrogen-bond acceptors (Lipinski definition) is 1. The Labute approximate surface area is 385 Å². The van der Waals surface area contributed by atoms with Crippen LogP contribution >= 0.6 is 0 Å². The Kier molecular flexibility index (Phi) is 12.0. The molecule has 0 saturated carbocycles. The molecule has 0 radical (unpaired) electrons. The van der Waals surface area contributed by atoms with Gasteiger partial charge in [-0.25, -0.2) is 0 Å². The summed E-state index contributed by atoms with van der Waals surface area (Å²) in [5, 5.41) is 2.46. The first-order valence-electron chi connectivity index (χ1n) is 23.0. The summed E-state index contributed by atoms with van der Waals surface area (Å²) in [6, 6.07) is 95.8. The first kappa shape index (κ1) is 41.3. The summed E-state index contributed by atoms with van der Waals surface area (Å²) in [4.78, 5) is 2.36. The van der Waals surface area contributed by atoms with Crippen molar-refractivity contribution in [2.45, 2.75) is 37.5 Å². The molecule has 0 aliphatic heterocycles. The Balaban J connectivity index is 0.893. The van der Waals surface area contributed by atoms with Gasteiger partial charge in [0.05, 0.1) is 11.1 Å². The Morgan fingerprint density at radius 1 is 0.385 bits per heavy atom. The molecule has 0 aliphatic carbocycles. The minimum atomic E-state index is -0.452. The predicted molar refractivity (Wildman–Crippen MR) is 275 cm³/mol. The van der Waals surface area contributed by atoms with Crippen LogP contribution in [0.4, 0.5) is 17.1 Å². The smallest absolute Gasteiger partial charge is 0.0701 e. The topological polar surface area (TPSA) is 3.24 Å². The van der Waals surface area contributed by atoms with Crippen LogP contribution in [-0.4, -0.2) is 0 Å². The van der Waals surface area contributed by atoms with Crippen molar-refractivity contribution in [3.8, 4) is 11.1 Å². The van der Waals surface area contributed by atoms with Gasteiger partial charge in [-0.2, -0.15) is 0 Å². The third-order valence-electron chi connectivity index (χ3n) is 13.3. The van der Waals surface area contributed by atoms with Gasteiger partial charge in [0.2, 0.25) is 0 Å². The lowest BCUT2D eigenvalue weighted by molar-refractivity contribution is 0.620. The molecule has 314 valence electrons. The summed E-state index contributed by atoms with van der Waals surface area (Å²) in [6.07, 6.45) is 3.04. The number of rotatable bonds is 14. The van der Waals surface area contributed by atoms with Gasteiger partial charge in [0.1, 0.15) is 0 Å². The maximum atomic E-state index is 2.38. The Morgan fingerprint density at radius 3 is 1.43 bits per heavy atom. The second-order valence-electron chi connectivity index (χ2n) is 17.3. The van der Waals surface area contributed by atoms with E-state index in [2.05, 4.69) is 273 Å². The first-order valence-corrected chi connectivity index (χ1v) is 23.0. The van der Waals surface area contributed by atoms with E-state index in [0.717, 1.165) is 30.6 Å². The standard InChI is InChI=1S/C64H53N/c1-48-29-36-53(37-30-48)55(47-50-34-43-59(44-35-50)64(56-19-6-2-7-20-56,57-21-8-3-9-22-57)58-23-10-4-11-24-58)40-33-49-31-38-51(39-32-49)52-41-45-61(46-42-52)65(60-25-12-5-13-26-60)63-28-16-18-54-17-14-15-27-62(54)63/h2-32,34-39,41-46,55H,33,40,47H2,1H3. The molecule has 0 fully saturated rings. The molecule has 1 heteroatoms. The fourth-order valence-corrected chi connectivity index (χ4v) is 9.88. The number of nitrogens with zero attached hydrogens (tertiary/aromatic N) is 1. The van der Waals surface area contributed by atoms with E-state index in [-0.39, 0.29) is 0 Å². The van der Waals surface area contributed by atoms with Gasteiger partial charge in [-0.3, -0.25) is 0 Å². The highest BCUT2D eigenvalue weighted by molar-refractivity contribution is 5.99. The lowest BCUT2D eigenvalue weighted by atomic mass is 9.65. The maximum absolute atomic E-state index is 2.38. The molecule has 0 saturated heterocycles. The van der Waals surface area contributed by atoms with Gasteiger partial charge in [-0.1, -0.05) is 236 Å². The molecule has 1 atom stereocenters. The maximum Gasteiger partial charge on any atom is 0.0701 e. The third kappa shape index (κ3) is 8.66. The summed E-state index contributed by atoms with van der Waals surface area (Å²) in [5.74, 6) is 0.380. The van der Waals surface area contributed by atoms with E-state index in [1.165, 1.54) is 72.1 Å². The van der Waals surface area contributed by atoms with E-state index in [1.807, 2.05) is 0 Å². The molecule has 10 aromatic rings. The van der Waals surface area contributed by atoms with Gasteiger partial charge >= 0.3 is 0 Å². The van der Waals surface area contributed by atoms with Crippen molar-refractivity contribution in [3.63, 3.8) is 0 Å². The van der Waals surface area contributed by atoms with Crippen molar-refractivity contribution in [1.82, 2.24) is 0 Å². The van der Waals surface area contributed by atoms with Gasteiger partial charge in [-0.15, -0.1) is 0 Å². The second kappa shape index (κ2) is 18.9. The van der Waals surface area contributed by atoms with Crippen LogP contribution in [0.1, 0.15) is 56.8 Å². The number of para-hydroxylation sites is 1. The van der Waals surface area contributed by atoms with Crippen LogP contribution in [-0.2, 0) is 18.3 Å². The Bertz CT molecular complexity index is 2970. The van der Waals surface area contributed by atoms with Crippen LogP contribution in [0.3, 0.4) is 0 Å². The van der Waals surface area contributed by atoms with Gasteiger partial charge in [0.25, 0.3) is 0 Å². The van der Waals surface area contributed by atoms with E-state index in [0.29, 0.717) is 5.92 Å². The zero-order valence-corrected chi connectivity index (χ0v) is 37.0. The van der Waals surface area contributed by atoms with Crippen molar-refractivity contribution in [2.24, 2.45) is 0 Å². The molecule has 1 nitrogen and oxygen atoms in total. The van der Waals surface area contributed by atoms with Crippen LogP contribution in [0, 0.1) is 6.92 Å². The number of benzene rings is 10. The van der Waals surface area contributed by atoms with Crippen LogP contribution < -0.4 is 4.90 Å². The van der Waals surface area contributed by atoms with E-state index < -0.39 is 5.41 Å². The van der Waals surface area contributed by atoms with Crippen molar-refractivity contribution in [2.75, 3.05) is 4.90 Å². The summed E-state index contributed by atoms with van der Waals surface area (Å²) in [7, 11) is 0. The van der Waals surface area contributed by atoms with Gasteiger partial charge < -0.3 is 4.90 Å². The van der Waals surface area contributed by atoms with Crippen molar-refractivity contribution >= 4 is 27.8 Å². The lowest BCUT2D eigenvalue weighted by Gasteiger charge is -2.37. The average molecular weight is 836 g/mol. The van der Waals surface area contributed by atoms with Gasteiger partial charge in [-0.05, 0) is 118 Å².